The third-order valence-electron chi connectivity index (χ3n) is 6.21. The van der Waals surface area contributed by atoms with Crippen molar-refractivity contribution in [2.24, 2.45) is 5.73 Å². The molecule has 180 valence electrons. The van der Waals surface area contributed by atoms with Crippen LogP contribution in [0, 0.1) is 5.41 Å². The number of carbonyl (C=O) groups excluding carboxylic acids is 2. The Morgan fingerprint density at radius 1 is 1.15 bits per heavy atom. The van der Waals surface area contributed by atoms with Crippen LogP contribution >= 0.6 is 0 Å². The normalized spacial score (nSPS) is 18.7. The first-order valence-corrected chi connectivity index (χ1v) is 11.5. The second kappa shape index (κ2) is 11.6. The molecule has 0 aromatic heterocycles. The van der Waals surface area contributed by atoms with Crippen LogP contribution in [0.3, 0.4) is 0 Å². The predicted octanol–water partition coefficient (Wildman–Crippen LogP) is 0.964. The van der Waals surface area contributed by atoms with Gasteiger partial charge in [0.15, 0.2) is 6.61 Å². The second-order valence-electron chi connectivity index (χ2n) is 8.60. The largest absolute Gasteiger partial charge is 0.482 e. The molecule has 1 heterocycles. The van der Waals surface area contributed by atoms with Crippen LogP contribution in [-0.2, 0) is 20.9 Å². The summed E-state index contributed by atoms with van der Waals surface area (Å²) in [6.45, 7) is 0.351. The zero-order chi connectivity index (χ0) is 23.8. The number of rotatable bonds is 10. The van der Waals surface area contributed by atoms with Crippen LogP contribution in [0.2, 0.25) is 0 Å². The minimum Gasteiger partial charge on any atom is -0.482 e. The van der Waals surface area contributed by atoms with E-state index in [9.17, 15) is 14.4 Å². The third-order valence-corrected chi connectivity index (χ3v) is 6.21. The van der Waals surface area contributed by atoms with Crippen LogP contribution in [0.5, 0.6) is 5.75 Å². The fourth-order valence-electron chi connectivity index (χ4n) is 4.42. The molecule has 1 atom stereocenters. The second-order valence-corrected chi connectivity index (χ2v) is 8.60. The standard InChI is InChI=1S/C23H33N5O5/c24-22(25)15-8-9-16(19(11-15)33-14-21(30)31)12-27-23(32)18-7-4-10-28(18)20(29)13-26-17-5-2-1-3-6-17/h8-9,11,17-18,26H,1-7,10,12-14H2,(H3,24,25)(H,27,32)(H,30,31)/t18-/m0/s1. The molecule has 2 fully saturated rings. The number of likely N-dealkylation sites (tertiary alicyclic amines) is 1. The number of ether oxygens (including phenoxy) is 1. The molecule has 10 nitrogen and oxygen atoms in total. The van der Waals surface area contributed by atoms with Gasteiger partial charge in [-0.1, -0.05) is 31.4 Å². The first-order chi connectivity index (χ1) is 15.8. The van der Waals surface area contributed by atoms with E-state index in [1.807, 2.05) is 0 Å². The Balaban J connectivity index is 1.57. The molecule has 1 aliphatic carbocycles. The van der Waals surface area contributed by atoms with Crippen LogP contribution in [0.4, 0.5) is 0 Å². The quantitative estimate of drug-likeness (QED) is 0.257. The number of amides is 2. The van der Waals surface area contributed by atoms with Crippen molar-refractivity contribution in [3.05, 3.63) is 29.3 Å². The highest BCUT2D eigenvalue weighted by Crippen LogP contribution is 2.22. The van der Waals surface area contributed by atoms with E-state index in [2.05, 4.69) is 10.6 Å². The molecule has 1 saturated heterocycles. The summed E-state index contributed by atoms with van der Waals surface area (Å²) in [5.74, 6) is -1.39. The van der Waals surface area contributed by atoms with E-state index in [0.717, 1.165) is 19.3 Å². The Bertz CT molecular complexity index is 884. The van der Waals surface area contributed by atoms with Gasteiger partial charge in [0, 0.05) is 30.3 Å². The number of hydrogen-bond acceptors (Lipinski definition) is 6. The van der Waals surface area contributed by atoms with Gasteiger partial charge in [0.25, 0.3) is 0 Å². The van der Waals surface area contributed by atoms with Crippen molar-refractivity contribution in [1.29, 1.82) is 5.41 Å². The monoisotopic (exact) mass is 459 g/mol. The molecule has 3 rings (SSSR count). The molecule has 0 spiro atoms. The summed E-state index contributed by atoms with van der Waals surface area (Å²) >= 11 is 0. The summed E-state index contributed by atoms with van der Waals surface area (Å²) in [5, 5.41) is 22.7. The lowest BCUT2D eigenvalue weighted by atomic mass is 9.95. The van der Waals surface area contributed by atoms with Gasteiger partial charge in [-0.15, -0.1) is 0 Å². The Hall–Kier alpha value is -3.14. The number of nitrogen functional groups attached to an aromatic ring is 1. The lowest BCUT2D eigenvalue weighted by Gasteiger charge is -2.27. The van der Waals surface area contributed by atoms with Crippen LogP contribution in [0.1, 0.15) is 56.1 Å². The van der Waals surface area contributed by atoms with Crippen molar-refractivity contribution in [3.63, 3.8) is 0 Å². The van der Waals surface area contributed by atoms with E-state index in [0.29, 0.717) is 30.1 Å². The van der Waals surface area contributed by atoms with Crippen molar-refractivity contribution in [1.82, 2.24) is 15.5 Å². The maximum absolute atomic E-state index is 12.9. The highest BCUT2D eigenvalue weighted by Gasteiger charge is 2.34. The van der Waals surface area contributed by atoms with E-state index in [1.54, 1.807) is 17.0 Å². The first-order valence-electron chi connectivity index (χ1n) is 11.5. The molecule has 2 aliphatic rings. The Morgan fingerprint density at radius 2 is 1.91 bits per heavy atom. The summed E-state index contributed by atoms with van der Waals surface area (Å²) in [6, 6.07) is 4.58. The lowest BCUT2D eigenvalue weighted by Crippen LogP contribution is -2.49. The smallest absolute Gasteiger partial charge is 0.341 e. The summed E-state index contributed by atoms with van der Waals surface area (Å²) in [4.78, 5) is 38.2. The summed E-state index contributed by atoms with van der Waals surface area (Å²) in [5.41, 5.74) is 6.46. The van der Waals surface area contributed by atoms with Gasteiger partial charge in [0.1, 0.15) is 17.6 Å². The molecule has 33 heavy (non-hydrogen) atoms. The van der Waals surface area contributed by atoms with E-state index >= 15 is 0 Å². The van der Waals surface area contributed by atoms with E-state index in [4.69, 9.17) is 21.0 Å². The van der Waals surface area contributed by atoms with Crippen molar-refractivity contribution < 1.29 is 24.2 Å². The van der Waals surface area contributed by atoms with Crippen molar-refractivity contribution in [2.75, 3.05) is 19.7 Å². The Morgan fingerprint density at radius 3 is 2.61 bits per heavy atom. The maximum atomic E-state index is 12.9. The SMILES string of the molecule is N=C(N)c1ccc(CNC(=O)[C@@H]2CCCN2C(=O)CNC2CCCCC2)c(OCC(=O)O)c1. The van der Waals surface area contributed by atoms with Crippen LogP contribution in [-0.4, -0.2) is 65.4 Å². The summed E-state index contributed by atoms with van der Waals surface area (Å²) in [6.07, 6.45) is 7.18. The van der Waals surface area contributed by atoms with Gasteiger partial charge in [0.05, 0.1) is 6.54 Å². The number of benzene rings is 1. The number of amidine groups is 1. The molecule has 0 bridgehead atoms. The number of nitrogens with two attached hydrogens (primary N) is 1. The Labute approximate surface area is 193 Å². The van der Waals surface area contributed by atoms with Gasteiger partial charge in [-0.2, -0.15) is 0 Å². The van der Waals surface area contributed by atoms with E-state index in [-0.39, 0.29) is 36.5 Å². The fraction of sp³-hybridized carbons (Fsp3) is 0.565. The average Bonchev–Trinajstić information content (AvgIpc) is 3.30. The fourth-order valence-corrected chi connectivity index (χ4v) is 4.42. The molecule has 10 heteroatoms. The molecule has 1 aromatic carbocycles. The van der Waals surface area contributed by atoms with E-state index in [1.165, 1.54) is 25.3 Å². The van der Waals surface area contributed by atoms with Crippen LogP contribution in [0.15, 0.2) is 18.2 Å². The molecule has 1 aromatic rings. The number of carbonyl (C=O) groups is 3. The molecule has 2 amide bonds. The molecule has 6 N–H and O–H groups in total. The van der Waals surface area contributed by atoms with Gasteiger partial charge in [0.2, 0.25) is 11.8 Å². The number of carboxylic acids is 1. The van der Waals surface area contributed by atoms with Crippen molar-refractivity contribution >= 4 is 23.6 Å². The van der Waals surface area contributed by atoms with Gasteiger partial charge < -0.3 is 31.1 Å². The zero-order valence-electron chi connectivity index (χ0n) is 18.8. The highest BCUT2D eigenvalue weighted by atomic mass is 16.5. The maximum Gasteiger partial charge on any atom is 0.341 e. The minimum atomic E-state index is -1.14. The van der Waals surface area contributed by atoms with Crippen molar-refractivity contribution in [3.8, 4) is 5.75 Å². The first kappa shape index (κ1) is 24.5. The van der Waals surface area contributed by atoms with Gasteiger partial charge in [-0.05, 0) is 31.7 Å². The highest BCUT2D eigenvalue weighted by molar-refractivity contribution is 5.95. The number of nitrogens with one attached hydrogen (secondary N) is 3. The van der Waals surface area contributed by atoms with Crippen LogP contribution < -0.4 is 21.1 Å². The summed E-state index contributed by atoms with van der Waals surface area (Å²) < 4.78 is 5.32. The Kier molecular flexibility index (Phi) is 8.65. The van der Waals surface area contributed by atoms with Gasteiger partial charge in [-0.3, -0.25) is 15.0 Å². The molecular weight excluding hydrogens is 426 g/mol. The number of aliphatic carboxylic acids is 1. The van der Waals surface area contributed by atoms with Crippen molar-refractivity contribution in [2.45, 2.75) is 63.6 Å². The van der Waals surface area contributed by atoms with E-state index < -0.39 is 18.6 Å². The summed E-state index contributed by atoms with van der Waals surface area (Å²) in [7, 11) is 0. The molecule has 0 radical (unpaired) electrons. The minimum absolute atomic E-state index is 0.0606. The number of nitrogens with zero attached hydrogens (tertiary/aromatic N) is 1. The molecule has 0 unspecified atom stereocenters. The predicted molar refractivity (Wildman–Crippen MR) is 122 cm³/mol. The topological polar surface area (TPSA) is 158 Å². The number of carboxylic acid groups (broad SMARTS) is 1. The molecule has 1 aliphatic heterocycles. The molecule has 1 saturated carbocycles. The van der Waals surface area contributed by atoms with Gasteiger partial charge >= 0.3 is 5.97 Å². The lowest BCUT2D eigenvalue weighted by molar-refractivity contribution is -0.139. The zero-order valence-corrected chi connectivity index (χ0v) is 18.8. The van der Waals surface area contributed by atoms with Gasteiger partial charge in [-0.25, -0.2) is 4.79 Å². The number of hydrogen-bond donors (Lipinski definition) is 5. The average molecular weight is 460 g/mol. The third kappa shape index (κ3) is 6.92. The molecular formula is C23H33N5O5. The van der Waals surface area contributed by atoms with Crippen LogP contribution in [0.25, 0.3) is 0 Å².